The molecule has 8 heteroatoms. The van der Waals surface area contributed by atoms with Crippen molar-refractivity contribution in [3.63, 3.8) is 0 Å². The predicted molar refractivity (Wildman–Crippen MR) is 135 cm³/mol. The Morgan fingerprint density at radius 1 is 1.03 bits per heavy atom. The third kappa shape index (κ3) is 3.80. The number of rotatable bonds is 3. The minimum absolute atomic E-state index is 0.0253. The standard InChI is InChI=1S/C29H45NO7/c1-15-23(30)24(32)25(33)26(36-15)37-18-6-9-27(2)17(13-18)4-5-21-20(27)7-10-28(3)19(8-11-29(21,28)34)16-12-22(31)35-14-16/h12,15,17-21,23-26,32-34H,4-11,13-14,30H2,1-3H3/t15-,17-,18+,19-,20+,21-,23+,24+,25-,26+,27+,28-,29+/m1/s1. The maximum absolute atomic E-state index is 12.4. The number of cyclic esters (lactones) is 1. The summed E-state index contributed by atoms with van der Waals surface area (Å²) in [5.74, 6) is 1.21. The zero-order chi connectivity index (χ0) is 26.3. The Bertz CT molecular complexity index is 957. The van der Waals surface area contributed by atoms with Gasteiger partial charge >= 0.3 is 5.97 Å². The summed E-state index contributed by atoms with van der Waals surface area (Å²) in [5, 5.41) is 33.2. The molecule has 0 amide bonds. The van der Waals surface area contributed by atoms with E-state index < -0.39 is 30.1 Å². The van der Waals surface area contributed by atoms with E-state index in [4.69, 9.17) is 19.9 Å². The van der Waals surface area contributed by atoms with E-state index in [1.165, 1.54) is 0 Å². The van der Waals surface area contributed by atoms with Crippen molar-refractivity contribution in [1.82, 2.24) is 0 Å². The number of carbonyl (C=O) groups is 1. The van der Waals surface area contributed by atoms with Gasteiger partial charge in [-0.25, -0.2) is 4.79 Å². The summed E-state index contributed by atoms with van der Waals surface area (Å²) in [5.41, 5.74) is 6.24. The highest BCUT2D eigenvalue weighted by Crippen LogP contribution is 2.70. The van der Waals surface area contributed by atoms with Crippen LogP contribution in [0.3, 0.4) is 0 Å². The highest BCUT2D eigenvalue weighted by Gasteiger charge is 2.67. The third-order valence-electron chi connectivity index (χ3n) is 12.2. The van der Waals surface area contributed by atoms with Gasteiger partial charge in [-0.15, -0.1) is 0 Å². The number of fused-ring (bicyclic) bond motifs is 5. The average molecular weight is 520 g/mol. The van der Waals surface area contributed by atoms with E-state index in [1.807, 2.05) is 0 Å². The number of aliphatic hydroxyl groups is 3. The van der Waals surface area contributed by atoms with Gasteiger partial charge in [-0.3, -0.25) is 0 Å². The number of hydrogen-bond acceptors (Lipinski definition) is 8. The summed E-state index contributed by atoms with van der Waals surface area (Å²) in [6.45, 7) is 6.89. The van der Waals surface area contributed by atoms with Crippen LogP contribution in [0.25, 0.3) is 0 Å². The summed E-state index contributed by atoms with van der Waals surface area (Å²) < 4.78 is 17.3. The van der Waals surface area contributed by atoms with Crippen LogP contribution in [-0.2, 0) is 19.0 Å². The molecule has 37 heavy (non-hydrogen) atoms. The Kier molecular flexibility index (Phi) is 6.37. The Morgan fingerprint density at radius 3 is 2.54 bits per heavy atom. The lowest BCUT2D eigenvalue weighted by atomic mass is 9.43. The Morgan fingerprint density at radius 2 is 1.81 bits per heavy atom. The molecule has 0 radical (unpaired) electrons. The molecule has 6 rings (SSSR count). The molecule has 0 aromatic rings. The van der Waals surface area contributed by atoms with E-state index in [9.17, 15) is 20.1 Å². The van der Waals surface area contributed by atoms with E-state index in [2.05, 4.69) is 13.8 Å². The molecule has 2 heterocycles. The Hall–Kier alpha value is -1.03. The van der Waals surface area contributed by atoms with Gasteiger partial charge in [-0.05, 0) is 99.4 Å². The second kappa shape index (κ2) is 9.00. The zero-order valence-electron chi connectivity index (χ0n) is 22.5. The molecule has 5 fully saturated rings. The van der Waals surface area contributed by atoms with Gasteiger partial charge in [0.25, 0.3) is 0 Å². The van der Waals surface area contributed by atoms with Crippen LogP contribution in [0.2, 0.25) is 0 Å². The van der Waals surface area contributed by atoms with E-state index in [-0.39, 0.29) is 40.8 Å². The number of carbonyl (C=O) groups excluding carboxylic acids is 1. The molecule has 4 saturated carbocycles. The van der Waals surface area contributed by atoms with E-state index in [0.29, 0.717) is 18.4 Å². The van der Waals surface area contributed by atoms with Crippen LogP contribution in [-0.4, -0.2) is 70.2 Å². The first-order valence-electron chi connectivity index (χ1n) is 14.5. The molecular formula is C29H45NO7. The smallest absolute Gasteiger partial charge is 0.331 e. The fourth-order valence-corrected chi connectivity index (χ4v) is 9.85. The minimum atomic E-state index is -1.15. The molecule has 208 valence electrons. The van der Waals surface area contributed by atoms with Gasteiger partial charge in [0, 0.05) is 11.5 Å². The normalized spacial score (nSPS) is 55.6. The molecule has 6 aliphatic rings. The van der Waals surface area contributed by atoms with Crippen molar-refractivity contribution in [2.24, 2.45) is 40.2 Å². The van der Waals surface area contributed by atoms with E-state index >= 15 is 0 Å². The summed E-state index contributed by atoms with van der Waals surface area (Å²) in [6, 6.07) is -0.629. The molecule has 2 aliphatic heterocycles. The van der Waals surface area contributed by atoms with Crippen molar-refractivity contribution in [2.45, 2.75) is 121 Å². The number of esters is 1. The molecule has 0 spiro atoms. The fraction of sp³-hybridized carbons (Fsp3) is 0.897. The SMILES string of the molecule is C[C@H]1O[C@@H](O[C@H]2CC[C@@]3(C)[C@H](CC[C@@H]4[C@@H]3CC[C@]3(C)[C@@H](C5=CC(=O)OC5)CC[C@]43O)C2)[C@H](O)[C@@H](O)[C@H]1N. The first-order chi connectivity index (χ1) is 17.5. The second-order valence-electron chi connectivity index (χ2n) is 13.6. The van der Waals surface area contributed by atoms with Crippen molar-refractivity contribution in [1.29, 1.82) is 0 Å². The van der Waals surface area contributed by atoms with Crippen molar-refractivity contribution in [3.05, 3.63) is 11.6 Å². The number of hydrogen-bond donors (Lipinski definition) is 4. The average Bonchev–Trinajstić information content (AvgIpc) is 3.41. The molecule has 5 N–H and O–H groups in total. The topological polar surface area (TPSA) is 131 Å². The fourth-order valence-electron chi connectivity index (χ4n) is 9.85. The summed E-state index contributed by atoms with van der Waals surface area (Å²) in [4.78, 5) is 11.8. The van der Waals surface area contributed by atoms with Gasteiger partial charge in [-0.1, -0.05) is 13.8 Å². The molecular weight excluding hydrogens is 474 g/mol. The number of nitrogens with two attached hydrogens (primary N) is 1. The second-order valence-corrected chi connectivity index (χ2v) is 13.6. The quantitative estimate of drug-likeness (QED) is 0.330. The van der Waals surface area contributed by atoms with Crippen LogP contribution in [0.4, 0.5) is 0 Å². The van der Waals surface area contributed by atoms with Crippen molar-refractivity contribution in [2.75, 3.05) is 6.61 Å². The molecule has 0 aromatic carbocycles. The number of ether oxygens (including phenoxy) is 3. The van der Waals surface area contributed by atoms with Crippen molar-refractivity contribution in [3.8, 4) is 0 Å². The van der Waals surface area contributed by atoms with Crippen LogP contribution in [0.5, 0.6) is 0 Å². The highest BCUT2D eigenvalue weighted by atomic mass is 16.7. The van der Waals surface area contributed by atoms with E-state index in [0.717, 1.165) is 63.4 Å². The summed E-state index contributed by atoms with van der Waals surface area (Å²) in [7, 11) is 0. The molecule has 13 atom stereocenters. The molecule has 0 bridgehead atoms. The zero-order valence-corrected chi connectivity index (χ0v) is 22.5. The van der Waals surface area contributed by atoms with Crippen molar-refractivity contribution >= 4 is 5.97 Å². The van der Waals surface area contributed by atoms with Crippen LogP contribution in [0, 0.1) is 34.5 Å². The van der Waals surface area contributed by atoms with Gasteiger partial charge in [0.15, 0.2) is 6.29 Å². The molecule has 0 unspecified atom stereocenters. The Balaban J connectivity index is 1.16. The highest BCUT2D eigenvalue weighted by molar-refractivity contribution is 5.85. The molecule has 4 aliphatic carbocycles. The van der Waals surface area contributed by atoms with Crippen LogP contribution in [0.1, 0.15) is 78.6 Å². The monoisotopic (exact) mass is 519 g/mol. The van der Waals surface area contributed by atoms with Gasteiger partial charge in [0.1, 0.15) is 18.8 Å². The molecule has 0 aromatic heterocycles. The maximum atomic E-state index is 12.4. The minimum Gasteiger partial charge on any atom is -0.458 e. The maximum Gasteiger partial charge on any atom is 0.331 e. The molecule has 8 nitrogen and oxygen atoms in total. The van der Waals surface area contributed by atoms with E-state index in [1.54, 1.807) is 13.0 Å². The first-order valence-corrected chi connectivity index (χ1v) is 14.5. The summed E-state index contributed by atoms with van der Waals surface area (Å²) in [6.07, 6.45) is 6.88. The molecule has 1 saturated heterocycles. The van der Waals surface area contributed by atoms with Crippen molar-refractivity contribution < 1.29 is 34.3 Å². The van der Waals surface area contributed by atoms with Gasteiger partial charge in [0.2, 0.25) is 0 Å². The largest absolute Gasteiger partial charge is 0.458 e. The summed E-state index contributed by atoms with van der Waals surface area (Å²) >= 11 is 0. The predicted octanol–water partition coefficient (Wildman–Crippen LogP) is 2.42. The lowest BCUT2D eigenvalue weighted by Crippen LogP contribution is -2.63. The van der Waals surface area contributed by atoms with Crippen LogP contribution >= 0.6 is 0 Å². The van der Waals surface area contributed by atoms with Crippen LogP contribution < -0.4 is 5.73 Å². The van der Waals surface area contributed by atoms with Gasteiger partial charge in [0.05, 0.1) is 23.9 Å². The van der Waals surface area contributed by atoms with Crippen LogP contribution in [0.15, 0.2) is 11.6 Å². The van der Waals surface area contributed by atoms with Gasteiger partial charge in [-0.2, -0.15) is 0 Å². The number of aliphatic hydroxyl groups excluding tert-OH is 2. The Labute approximate surface area is 219 Å². The van der Waals surface area contributed by atoms with Gasteiger partial charge < -0.3 is 35.3 Å². The first kappa shape index (κ1) is 26.2. The lowest BCUT2D eigenvalue weighted by Gasteiger charge is -2.64. The lowest BCUT2D eigenvalue weighted by molar-refractivity contribution is -0.291. The third-order valence-corrected chi connectivity index (χ3v) is 12.2.